The van der Waals surface area contributed by atoms with Gasteiger partial charge in [-0.25, -0.2) is 0 Å². The largest absolute Gasteiger partial charge is 0.378 e. The zero-order valence-corrected chi connectivity index (χ0v) is 12.6. The molecule has 0 heterocycles. The highest BCUT2D eigenvalue weighted by Gasteiger charge is 2.14. The Bertz CT molecular complexity index is 680. The molecule has 1 heteroatoms. The molecule has 2 aromatic carbocycles. The molecule has 1 N–H and O–H groups in total. The first-order chi connectivity index (χ1) is 10.2. The average molecular weight is 275 g/mol. The summed E-state index contributed by atoms with van der Waals surface area (Å²) in [4.78, 5) is 0. The summed E-state index contributed by atoms with van der Waals surface area (Å²) in [6, 6.07) is 19.4. The molecular formula is C20H21N. The third-order valence-electron chi connectivity index (χ3n) is 3.98. The van der Waals surface area contributed by atoms with Gasteiger partial charge in [-0.05, 0) is 49.1 Å². The molecular weight excluding hydrogens is 254 g/mol. The standard InChI is InChI=1S/C20H21N/c1-15-12-13-17(14-15)20-11-7-6-10-19(20)16(2)21-18-8-4-3-5-9-18/h3-12,14,16,21H,13H2,1-2H3. The highest BCUT2D eigenvalue weighted by molar-refractivity contribution is 5.75. The molecule has 21 heavy (non-hydrogen) atoms. The summed E-state index contributed by atoms with van der Waals surface area (Å²) < 4.78 is 0. The van der Waals surface area contributed by atoms with Crippen LogP contribution in [-0.2, 0) is 0 Å². The van der Waals surface area contributed by atoms with E-state index in [1.54, 1.807) is 0 Å². The van der Waals surface area contributed by atoms with E-state index in [-0.39, 0.29) is 6.04 Å². The third-order valence-corrected chi connectivity index (χ3v) is 3.98. The summed E-state index contributed by atoms with van der Waals surface area (Å²) >= 11 is 0. The first-order valence-corrected chi connectivity index (χ1v) is 7.52. The summed E-state index contributed by atoms with van der Waals surface area (Å²) in [5.41, 5.74) is 6.67. The van der Waals surface area contributed by atoms with Crippen LogP contribution in [0.3, 0.4) is 0 Å². The van der Waals surface area contributed by atoms with Crippen LogP contribution < -0.4 is 5.32 Å². The molecule has 0 saturated heterocycles. The lowest BCUT2D eigenvalue weighted by atomic mass is 9.94. The van der Waals surface area contributed by atoms with Crippen molar-refractivity contribution in [1.82, 2.24) is 0 Å². The Labute approximate surface area is 127 Å². The van der Waals surface area contributed by atoms with E-state index in [1.165, 1.54) is 22.3 Å². The quantitative estimate of drug-likeness (QED) is 0.766. The summed E-state index contributed by atoms with van der Waals surface area (Å²) in [6.07, 6.45) is 5.64. The highest BCUT2D eigenvalue weighted by Crippen LogP contribution is 2.32. The fourth-order valence-corrected chi connectivity index (χ4v) is 2.88. The van der Waals surface area contributed by atoms with Crippen LogP contribution in [0.2, 0.25) is 0 Å². The van der Waals surface area contributed by atoms with E-state index in [0.717, 1.165) is 12.1 Å². The topological polar surface area (TPSA) is 12.0 Å². The van der Waals surface area contributed by atoms with Crippen LogP contribution in [0, 0.1) is 0 Å². The molecule has 1 atom stereocenters. The number of hydrogen-bond donors (Lipinski definition) is 1. The van der Waals surface area contributed by atoms with Crippen LogP contribution in [-0.4, -0.2) is 0 Å². The molecule has 0 spiro atoms. The van der Waals surface area contributed by atoms with Gasteiger partial charge in [0.15, 0.2) is 0 Å². The lowest BCUT2D eigenvalue weighted by Gasteiger charge is -2.20. The highest BCUT2D eigenvalue weighted by atomic mass is 14.9. The molecule has 0 bridgehead atoms. The summed E-state index contributed by atoms with van der Waals surface area (Å²) in [5.74, 6) is 0. The molecule has 1 aliphatic carbocycles. The maximum atomic E-state index is 3.59. The van der Waals surface area contributed by atoms with Crippen molar-refractivity contribution in [3.05, 3.63) is 83.4 Å². The van der Waals surface area contributed by atoms with Crippen molar-refractivity contribution in [2.45, 2.75) is 26.3 Å². The van der Waals surface area contributed by atoms with Crippen LogP contribution in [0.4, 0.5) is 5.69 Å². The monoisotopic (exact) mass is 275 g/mol. The fraction of sp³-hybridized carbons (Fsp3) is 0.200. The minimum absolute atomic E-state index is 0.283. The predicted octanol–water partition coefficient (Wildman–Crippen LogP) is 5.59. The lowest BCUT2D eigenvalue weighted by molar-refractivity contribution is 0.880. The van der Waals surface area contributed by atoms with Gasteiger partial charge in [-0.1, -0.05) is 60.2 Å². The molecule has 0 aromatic heterocycles. The van der Waals surface area contributed by atoms with Gasteiger partial charge in [-0.2, -0.15) is 0 Å². The second-order valence-electron chi connectivity index (χ2n) is 5.64. The van der Waals surface area contributed by atoms with Crippen LogP contribution >= 0.6 is 0 Å². The van der Waals surface area contributed by atoms with Crippen molar-refractivity contribution < 1.29 is 0 Å². The molecule has 106 valence electrons. The van der Waals surface area contributed by atoms with E-state index in [2.05, 4.69) is 79.8 Å². The van der Waals surface area contributed by atoms with E-state index in [1.807, 2.05) is 6.07 Å². The molecule has 0 radical (unpaired) electrons. The maximum absolute atomic E-state index is 3.59. The normalized spacial score (nSPS) is 15.3. The van der Waals surface area contributed by atoms with Crippen LogP contribution in [0.1, 0.15) is 37.4 Å². The third kappa shape index (κ3) is 3.08. The Balaban J connectivity index is 1.87. The number of rotatable bonds is 4. The Morgan fingerprint density at radius 1 is 0.952 bits per heavy atom. The van der Waals surface area contributed by atoms with E-state index >= 15 is 0 Å². The van der Waals surface area contributed by atoms with Crippen molar-refractivity contribution in [2.24, 2.45) is 0 Å². The summed E-state index contributed by atoms with van der Waals surface area (Å²) in [7, 11) is 0. The van der Waals surface area contributed by atoms with Gasteiger partial charge in [0, 0.05) is 11.7 Å². The van der Waals surface area contributed by atoms with Crippen LogP contribution in [0.5, 0.6) is 0 Å². The zero-order chi connectivity index (χ0) is 14.7. The predicted molar refractivity (Wildman–Crippen MR) is 91.3 cm³/mol. The molecule has 0 aliphatic heterocycles. The Morgan fingerprint density at radius 3 is 2.38 bits per heavy atom. The van der Waals surface area contributed by atoms with Crippen molar-refractivity contribution in [3.63, 3.8) is 0 Å². The van der Waals surface area contributed by atoms with Gasteiger partial charge in [-0.3, -0.25) is 0 Å². The van der Waals surface area contributed by atoms with Crippen molar-refractivity contribution in [1.29, 1.82) is 0 Å². The SMILES string of the molecule is CC1=CCC(c2ccccc2C(C)Nc2ccccc2)=C1. The van der Waals surface area contributed by atoms with Crippen molar-refractivity contribution >= 4 is 11.3 Å². The Hall–Kier alpha value is -2.28. The van der Waals surface area contributed by atoms with E-state index in [0.29, 0.717) is 0 Å². The molecule has 1 nitrogen and oxygen atoms in total. The fourth-order valence-electron chi connectivity index (χ4n) is 2.88. The van der Waals surface area contributed by atoms with Gasteiger partial charge < -0.3 is 5.32 Å². The van der Waals surface area contributed by atoms with Gasteiger partial charge >= 0.3 is 0 Å². The van der Waals surface area contributed by atoms with Crippen LogP contribution in [0.15, 0.2) is 72.3 Å². The molecule has 3 rings (SSSR count). The van der Waals surface area contributed by atoms with Gasteiger partial charge in [-0.15, -0.1) is 0 Å². The number of nitrogens with one attached hydrogen (secondary N) is 1. The second-order valence-corrected chi connectivity index (χ2v) is 5.64. The summed E-state index contributed by atoms with van der Waals surface area (Å²) in [5, 5.41) is 3.59. The number of anilines is 1. The van der Waals surface area contributed by atoms with Gasteiger partial charge in [0.2, 0.25) is 0 Å². The molecule has 0 saturated carbocycles. The molecule has 0 amide bonds. The van der Waals surface area contributed by atoms with Crippen molar-refractivity contribution in [3.8, 4) is 0 Å². The molecule has 1 aliphatic rings. The minimum atomic E-state index is 0.283. The van der Waals surface area contributed by atoms with Crippen molar-refractivity contribution in [2.75, 3.05) is 5.32 Å². The maximum Gasteiger partial charge on any atom is 0.0491 e. The van der Waals surface area contributed by atoms with Gasteiger partial charge in [0.1, 0.15) is 0 Å². The number of allylic oxidation sites excluding steroid dienone is 4. The molecule has 0 fully saturated rings. The Morgan fingerprint density at radius 2 is 1.67 bits per heavy atom. The average Bonchev–Trinajstić information content (AvgIpc) is 2.95. The number of hydrogen-bond acceptors (Lipinski definition) is 1. The second kappa shape index (κ2) is 6.01. The lowest BCUT2D eigenvalue weighted by Crippen LogP contribution is -2.08. The number of benzene rings is 2. The number of para-hydroxylation sites is 1. The zero-order valence-electron chi connectivity index (χ0n) is 12.6. The Kier molecular flexibility index (Phi) is 3.92. The van der Waals surface area contributed by atoms with Gasteiger partial charge in [0.05, 0.1) is 0 Å². The first-order valence-electron chi connectivity index (χ1n) is 7.52. The molecule has 1 unspecified atom stereocenters. The summed E-state index contributed by atoms with van der Waals surface area (Å²) in [6.45, 7) is 4.39. The van der Waals surface area contributed by atoms with E-state index in [9.17, 15) is 0 Å². The smallest absolute Gasteiger partial charge is 0.0491 e. The minimum Gasteiger partial charge on any atom is -0.378 e. The van der Waals surface area contributed by atoms with E-state index in [4.69, 9.17) is 0 Å². The molecule has 2 aromatic rings. The van der Waals surface area contributed by atoms with E-state index < -0.39 is 0 Å². The first kappa shape index (κ1) is 13.7. The van der Waals surface area contributed by atoms with Gasteiger partial charge in [0.25, 0.3) is 0 Å². The van der Waals surface area contributed by atoms with Crippen LogP contribution in [0.25, 0.3) is 5.57 Å².